The minimum atomic E-state index is -0.306. The van der Waals surface area contributed by atoms with Crippen LogP contribution in [0, 0.1) is 11.7 Å². The number of amides is 1. The van der Waals surface area contributed by atoms with Crippen molar-refractivity contribution in [2.45, 2.75) is 25.3 Å². The van der Waals surface area contributed by atoms with Gasteiger partial charge in [0.1, 0.15) is 5.82 Å². The van der Waals surface area contributed by atoms with Gasteiger partial charge in [-0.05, 0) is 55.2 Å². The molecule has 1 aromatic heterocycles. The average Bonchev–Trinajstić information content (AvgIpc) is 3.49. The summed E-state index contributed by atoms with van der Waals surface area (Å²) in [4.78, 5) is 12.5. The molecule has 1 fully saturated rings. The molecule has 0 aliphatic heterocycles. The summed E-state index contributed by atoms with van der Waals surface area (Å²) in [6.07, 6.45) is 4.34. The highest BCUT2D eigenvalue weighted by molar-refractivity contribution is 5.81. The van der Waals surface area contributed by atoms with Gasteiger partial charge >= 0.3 is 0 Å². The van der Waals surface area contributed by atoms with Crippen molar-refractivity contribution in [1.29, 1.82) is 0 Å². The van der Waals surface area contributed by atoms with E-state index in [-0.39, 0.29) is 24.2 Å². The molecule has 0 saturated heterocycles. The molecule has 1 amide bonds. The minimum absolute atomic E-state index is 0.0209. The van der Waals surface area contributed by atoms with Crippen molar-refractivity contribution in [2.24, 2.45) is 11.7 Å². The molecule has 1 atom stereocenters. The number of aromatic nitrogens is 2. The second-order valence-electron chi connectivity index (χ2n) is 7.27. The Morgan fingerprint density at radius 1 is 1.18 bits per heavy atom. The molecule has 1 heterocycles. The highest BCUT2D eigenvalue weighted by atomic mass is 19.1. The molecule has 2 aromatic carbocycles. The summed E-state index contributed by atoms with van der Waals surface area (Å²) in [5, 5.41) is 7.58. The third-order valence-electron chi connectivity index (χ3n) is 5.04. The maximum Gasteiger partial charge on any atom is 0.224 e. The molecule has 144 valence electrons. The normalized spacial score (nSPS) is 14.6. The molecule has 1 aliphatic rings. The highest BCUT2D eigenvalue weighted by Crippen LogP contribution is 2.31. The van der Waals surface area contributed by atoms with E-state index < -0.39 is 0 Å². The largest absolute Gasteiger partial charge is 0.354 e. The van der Waals surface area contributed by atoms with Crippen LogP contribution >= 0.6 is 0 Å². The second kappa shape index (κ2) is 7.94. The van der Waals surface area contributed by atoms with Crippen LogP contribution in [0.4, 0.5) is 4.39 Å². The monoisotopic (exact) mass is 378 g/mol. The Balaban J connectivity index is 1.57. The summed E-state index contributed by atoms with van der Waals surface area (Å²) in [7, 11) is 0. The molecule has 1 aliphatic carbocycles. The van der Waals surface area contributed by atoms with Crippen LogP contribution in [0.15, 0.2) is 60.8 Å². The number of carbonyl (C=O) groups is 1. The highest BCUT2D eigenvalue weighted by Gasteiger charge is 2.28. The van der Waals surface area contributed by atoms with Crippen LogP contribution in [0.25, 0.3) is 16.9 Å². The first kappa shape index (κ1) is 18.4. The van der Waals surface area contributed by atoms with E-state index in [1.54, 1.807) is 16.8 Å². The fraction of sp³-hybridized carbons (Fsp3) is 0.273. The number of para-hydroxylation sites is 1. The Hall–Kier alpha value is -2.99. The van der Waals surface area contributed by atoms with Gasteiger partial charge in [0.2, 0.25) is 5.91 Å². The van der Waals surface area contributed by atoms with Crippen LogP contribution in [0.2, 0.25) is 0 Å². The Labute approximate surface area is 163 Å². The second-order valence-corrected chi connectivity index (χ2v) is 7.27. The first-order valence-corrected chi connectivity index (χ1v) is 9.52. The molecule has 0 bridgehead atoms. The topological polar surface area (TPSA) is 72.9 Å². The molecule has 4 rings (SSSR count). The molecule has 3 N–H and O–H groups in total. The van der Waals surface area contributed by atoms with Crippen molar-refractivity contribution < 1.29 is 9.18 Å². The van der Waals surface area contributed by atoms with Crippen LogP contribution in [-0.4, -0.2) is 28.3 Å². The summed E-state index contributed by atoms with van der Waals surface area (Å²) in [5.41, 5.74) is 9.19. The average molecular weight is 378 g/mol. The third-order valence-corrected chi connectivity index (χ3v) is 5.04. The number of halogens is 1. The molecular formula is C22H23FN4O. The van der Waals surface area contributed by atoms with Crippen molar-refractivity contribution in [3.05, 3.63) is 72.2 Å². The van der Waals surface area contributed by atoms with Gasteiger partial charge in [0.05, 0.1) is 17.8 Å². The SMILES string of the molecule is NC(CNC(=O)Cc1cn(-c2ccccc2)nc1-c1ccc(F)cc1)C1CC1. The molecule has 5 nitrogen and oxygen atoms in total. The zero-order valence-electron chi connectivity index (χ0n) is 15.5. The van der Waals surface area contributed by atoms with Gasteiger partial charge in [0, 0.05) is 29.9 Å². The maximum absolute atomic E-state index is 13.3. The Bertz CT molecular complexity index is 948. The molecule has 6 heteroatoms. The summed E-state index contributed by atoms with van der Waals surface area (Å²) >= 11 is 0. The van der Waals surface area contributed by atoms with Gasteiger partial charge in [-0.1, -0.05) is 18.2 Å². The summed E-state index contributed by atoms with van der Waals surface area (Å²) in [6, 6.07) is 15.9. The fourth-order valence-corrected chi connectivity index (χ4v) is 3.26. The molecule has 1 unspecified atom stereocenters. The number of hydrogen-bond acceptors (Lipinski definition) is 3. The number of hydrogen-bond donors (Lipinski definition) is 2. The molecule has 0 radical (unpaired) electrons. The van der Waals surface area contributed by atoms with E-state index in [1.165, 1.54) is 12.1 Å². The van der Waals surface area contributed by atoms with Gasteiger partial charge in [0.15, 0.2) is 0 Å². The molecular weight excluding hydrogens is 355 g/mol. The smallest absolute Gasteiger partial charge is 0.224 e. The molecule has 0 spiro atoms. The van der Waals surface area contributed by atoms with Crippen molar-refractivity contribution in [3.63, 3.8) is 0 Å². The predicted molar refractivity (Wildman–Crippen MR) is 106 cm³/mol. The van der Waals surface area contributed by atoms with Crippen LogP contribution < -0.4 is 11.1 Å². The molecule has 1 saturated carbocycles. The molecule has 28 heavy (non-hydrogen) atoms. The maximum atomic E-state index is 13.3. The lowest BCUT2D eigenvalue weighted by atomic mass is 10.1. The van der Waals surface area contributed by atoms with Gasteiger partial charge in [-0.2, -0.15) is 5.10 Å². The quantitative estimate of drug-likeness (QED) is 0.664. The van der Waals surface area contributed by atoms with Crippen molar-refractivity contribution >= 4 is 5.91 Å². The van der Waals surface area contributed by atoms with Gasteiger partial charge in [0.25, 0.3) is 0 Å². The van der Waals surface area contributed by atoms with Gasteiger partial charge in [-0.3, -0.25) is 4.79 Å². The van der Waals surface area contributed by atoms with Crippen molar-refractivity contribution in [3.8, 4) is 16.9 Å². The zero-order valence-corrected chi connectivity index (χ0v) is 15.5. The number of carbonyl (C=O) groups excluding carboxylic acids is 1. The predicted octanol–water partition coefficient (Wildman–Crippen LogP) is 3.07. The summed E-state index contributed by atoms with van der Waals surface area (Å²) in [6.45, 7) is 0.488. The van der Waals surface area contributed by atoms with Crippen LogP contribution in [0.3, 0.4) is 0 Å². The van der Waals surface area contributed by atoms with E-state index in [0.29, 0.717) is 18.2 Å². The van der Waals surface area contributed by atoms with Crippen molar-refractivity contribution in [1.82, 2.24) is 15.1 Å². The molecule has 3 aromatic rings. The third kappa shape index (κ3) is 4.28. The number of nitrogens with zero attached hydrogens (tertiary/aromatic N) is 2. The summed E-state index contributed by atoms with van der Waals surface area (Å²) in [5.74, 6) is 0.141. The lowest BCUT2D eigenvalue weighted by molar-refractivity contribution is -0.120. The zero-order chi connectivity index (χ0) is 19.5. The Morgan fingerprint density at radius 3 is 2.57 bits per heavy atom. The number of nitrogens with two attached hydrogens (primary N) is 1. The van der Waals surface area contributed by atoms with E-state index in [9.17, 15) is 9.18 Å². The lowest BCUT2D eigenvalue weighted by Crippen LogP contribution is -2.39. The van der Waals surface area contributed by atoms with Gasteiger partial charge in [-0.15, -0.1) is 0 Å². The number of benzene rings is 2. The van der Waals surface area contributed by atoms with E-state index in [0.717, 1.165) is 29.7 Å². The summed E-state index contributed by atoms with van der Waals surface area (Å²) < 4.78 is 15.1. The van der Waals surface area contributed by atoms with Crippen LogP contribution in [0.1, 0.15) is 18.4 Å². The van der Waals surface area contributed by atoms with Crippen molar-refractivity contribution in [2.75, 3.05) is 6.54 Å². The van der Waals surface area contributed by atoms with Crippen LogP contribution in [0.5, 0.6) is 0 Å². The number of nitrogens with one attached hydrogen (secondary N) is 1. The van der Waals surface area contributed by atoms with E-state index in [1.807, 2.05) is 36.5 Å². The first-order valence-electron chi connectivity index (χ1n) is 9.52. The number of rotatable bonds is 7. The van der Waals surface area contributed by atoms with Crippen LogP contribution in [-0.2, 0) is 11.2 Å². The Kier molecular flexibility index (Phi) is 5.21. The van der Waals surface area contributed by atoms with E-state index >= 15 is 0 Å². The van der Waals surface area contributed by atoms with E-state index in [2.05, 4.69) is 10.4 Å². The fourth-order valence-electron chi connectivity index (χ4n) is 3.26. The standard InChI is InChI=1S/C22H23FN4O/c23-18-10-8-16(9-11-18)22-17(12-21(28)25-13-20(24)15-6-7-15)14-27(26-22)19-4-2-1-3-5-19/h1-5,8-11,14-15,20H,6-7,12-13,24H2,(H,25,28). The van der Waals surface area contributed by atoms with Gasteiger partial charge in [-0.25, -0.2) is 9.07 Å². The Morgan fingerprint density at radius 2 is 1.89 bits per heavy atom. The lowest BCUT2D eigenvalue weighted by Gasteiger charge is -2.11. The van der Waals surface area contributed by atoms with E-state index in [4.69, 9.17) is 5.73 Å². The van der Waals surface area contributed by atoms with Gasteiger partial charge < -0.3 is 11.1 Å². The minimum Gasteiger partial charge on any atom is -0.354 e. The first-order chi connectivity index (χ1) is 13.6.